The van der Waals surface area contributed by atoms with Gasteiger partial charge in [-0.1, -0.05) is 0 Å². The molecule has 0 fully saturated rings. The smallest absolute Gasteiger partial charge is 0.258 e. The van der Waals surface area contributed by atoms with E-state index < -0.39 is 0 Å². The molecule has 70 valence electrons. The van der Waals surface area contributed by atoms with Crippen LogP contribution in [-0.2, 0) is 0 Å². The Morgan fingerprint density at radius 3 is 2.62 bits per heavy atom. The summed E-state index contributed by atoms with van der Waals surface area (Å²) in [5.41, 5.74) is 0.404. The summed E-state index contributed by atoms with van der Waals surface area (Å²) in [5.74, 6) is 0.639. The summed E-state index contributed by atoms with van der Waals surface area (Å²) < 4.78 is 10.4. The first-order chi connectivity index (χ1) is 6.22. The number of halogens is 1. The number of pyridine rings is 1. The summed E-state index contributed by atoms with van der Waals surface area (Å²) in [7, 11) is 2.92. The van der Waals surface area contributed by atoms with Gasteiger partial charge in [0.15, 0.2) is 12.0 Å². The lowest BCUT2D eigenvalue weighted by atomic mass is 10.2. The van der Waals surface area contributed by atoms with Crippen molar-refractivity contribution < 1.29 is 14.3 Å². The third-order valence-corrected chi connectivity index (χ3v) is 1.87. The Balaban J connectivity index is 3.33. The molecule has 0 radical (unpaired) electrons. The molecule has 1 aromatic heterocycles. The Morgan fingerprint density at radius 2 is 2.15 bits per heavy atom. The predicted octanol–water partition coefficient (Wildman–Crippen LogP) is 1.67. The van der Waals surface area contributed by atoms with Crippen molar-refractivity contribution in [2.45, 2.75) is 0 Å². The Kier molecular flexibility index (Phi) is 3.25. The van der Waals surface area contributed by atoms with E-state index in [4.69, 9.17) is 9.47 Å². The van der Waals surface area contributed by atoms with Crippen molar-refractivity contribution in [2.75, 3.05) is 14.2 Å². The highest BCUT2D eigenvalue weighted by molar-refractivity contribution is 9.10. The zero-order chi connectivity index (χ0) is 9.84. The summed E-state index contributed by atoms with van der Waals surface area (Å²) in [6.07, 6.45) is 0.688. The molecule has 0 saturated heterocycles. The van der Waals surface area contributed by atoms with Crippen molar-refractivity contribution >= 4 is 22.2 Å². The van der Waals surface area contributed by atoms with Gasteiger partial charge in [-0.2, -0.15) is 0 Å². The van der Waals surface area contributed by atoms with Crippen LogP contribution in [0.3, 0.4) is 0 Å². The Hall–Kier alpha value is -1.10. The SMILES string of the molecule is COc1nc(Br)cc(C=O)c1OC. The molecule has 0 bridgehead atoms. The largest absolute Gasteiger partial charge is 0.491 e. The van der Waals surface area contributed by atoms with Gasteiger partial charge in [-0.05, 0) is 22.0 Å². The van der Waals surface area contributed by atoms with Crippen molar-refractivity contribution in [3.05, 3.63) is 16.2 Å². The molecule has 0 aliphatic rings. The van der Waals surface area contributed by atoms with Crippen LogP contribution in [0, 0.1) is 0 Å². The van der Waals surface area contributed by atoms with E-state index in [2.05, 4.69) is 20.9 Å². The molecule has 0 unspecified atom stereocenters. The van der Waals surface area contributed by atoms with Crippen molar-refractivity contribution in [2.24, 2.45) is 0 Å². The van der Waals surface area contributed by atoms with Crippen molar-refractivity contribution in [1.29, 1.82) is 0 Å². The standard InChI is InChI=1S/C8H8BrNO3/c1-12-7-5(4-11)3-6(9)10-8(7)13-2/h3-4H,1-2H3. The van der Waals surface area contributed by atoms with Crippen LogP contribution in [-0.4, -0.2) is 25.5 Å². The highest BCUT2D eigenvalue weighted by Gasteiger charge is 2.12. The van der Waals surface area contributed by atoms with Gasteiger partial charge in [0.25, 0.3) is 5.88 Å². The third-order valence-electron chi connectivity index (χ3n) is 1.46. The van der Waals surface area contributed by atoms with E-state index in [0.29, 0.717) is 28.1 Å². The van der Waals surface area contributed by atoms with Gasteiger partial charge in [0.2, 0.25) is 0 Å². The fraction of sp³-hybridized carbons (Fsp3) is 0.250. The van der Waals surface area contributed by atoms with Crippen molar-refractivity contribution in [3.8, 4) is 11.6 Å². The van der Waals surface area contributed by atoms with E-state index in [-0.39, 0.29) is 0 Å². The Bertz CT molecular complexity index is 327. The monoisotopic (exact) mass is 245 g/mol. The molecular formula is C8H8BrNO3. The topological polar surface area (TPSA) is 48.4 Å². The van der Waals surface area contributed by atoms with E-state index in [1.54, 1.807) is 6.07 Å². The lowest BCUT2D eigenvalue weighted by Gasteiger charge is -2.08. The van der Waals surface area contributed by atoms with Gasteiger partial charge in [0, 0.05) is 0 Å². The minimum atomic E-state index is 0.291. The van der Waals surface area contributed by atoms with Crippen molar-refractivity contribution in [1.82, 2.24) is 4.98 Å². The van der Waals surface area contributed by atoms with Gasteiger partial charge in [-0.15, -0.1) is 0 Å². The van der Waals surface area contributed by atoms with Crippen LogP contribution in [0.25, 0.3) is 0 Å². The van der Waals surface area contributed by atoms with E-state index in [1.807, 2.05) is 0 Å². The first kappa shape index (κ1) is 9.98. The number of hydrogen-bond donors (Lipinski definition) is 0. The lowest BCUT2D eigenvalue weighted by Crippen LogP contribution is -1.98. The summed E-state index contributed by atoms with van der Waals surface area (Å²) in [5, 5.41) is 0. The molecule has 0 aliphatic carbocycles. The highest BCUT2D eigenvalue weighted by Crippen LogP contribution is 2.29. The number of ether oxygens (including phenoxy) is 2. The predicted molar refractivity (Wildman–Crippen MR) is 50.4 cm³/mol. The summed E-state index contributed by atoms with van der Waals surface area (Å²) in [6.45, 7) is 0. The lowest BCUT2D eigenvalue weighted by molar-refractivity contribution is 0.111. The molecule has 1 aromatic rings. The second kappa shape index (κ2) is 4.23. The molecule has 1 heterocycles. The average Bonchev–Trinajstić information content (AvgIpc) is 2.16. The minimum absolute atomic E-state index is 0.291. The van der Waals surface area contributed by atoms with Crippen LogP contribution in [0.4, 0.5) is 0 Å². The van der Waals surface area contributed by atoms with Gasteiger partial charge in [-0.3, -0.25) is 4.79 Å². The number of methoxy groups -OCH3 is 2. The number of aromatic nitrogens is 1. The molecule has 0 atom stereocenters. The molecule has 0 aromatic carbocycles. The molecule has 0 aliphatic heterocycles. The normalized spacial score (nSPS) is 9.46. The number of carbonyl (C=O) groups excluding carboxylic acids is 1. The Morgan fingerprint density at radius 1 is 1.46 bits per heavy atom. The molecule has 0 amide bonds. The fourth-order valence-corrected chi connectivity index (χ4v) is 1.34. The van der Waals surface area contributed by atoms with Crippen LogP contribution >= 0.6 is 15.9 Å². The fourth-order valence-electron chi connectivity index (χ4n) is 0.928. The molecule has 4 nitrogen and oxygen atoms in total. The maximum atomic E-state index is 10.6. The van der Waals surface area contributed by atoms with Crippen LogP contribution in [0.2, 0.25) is 0 Å². The summed E-state index contributed by atoms with van der Waals surface area (Å²) in [6, 6.07) is 1.56. The van der Waals surface area contributed by atoms with E-state index in [0.717, 1.165) is 0 Å². The van der Waals surface area contributed by atoms with Gasteiger partial charge in [0.1, 0.15) is 4.60 Å². The van der Waals surface area contributed by atoms with Gasteiger partial charge >= 0.3 is 0 Å². The molecular weight excluding hydrogens is 238 g/mol. The van der Waals surface area contributed by atoms with Gasteiger partial charge < -0.3 is 9.47 Å². The summed E-state index contributed by atoms with van der Waals surface area (Å²) in [4.78, 5) is 14.6. The number of nitrogens with zero attached hydrogens (tertiary/aromatic N) is 1. The number of aldehydes is 1. The zero-order valence-electron chi connectivity index (χ0n) is 7.20. The molecule has 0 saturated carbocycles. The maximum Gasteiger partial charge on any atom is 0.258 e. The van der Waals surface area contributed by atoms with Crippen LogP contribution in [0.15, 0.2) is 10.7 Å². The van der Waals surface area contributed by atoms with E-state index in [1.165, 1.54) is 14.2 Å². The van der Waals surface area contributed by atoms with Crippen LogP contribution < -0.4 is 9.47 Å². The van der Waals surface area contributed by atoms with Crippen LogP contribution in [0.5, 0.6) is 11.6 Å². The van der Waals surface area contributed by atoms with Gasteiger partial charge in [-0.25, -0.2) is 4.98 Å². The number of carbonyl (C=O) groups is 1. The van der Waals surface area contributed by atoms with E-state index in [9.17, 15) is 4.79 Å². The second-order valence-corrected chi connectivity index (χ2v) is 3.01. The second-order valence-electron chi connectivity index (χ2n) is 2.19. The molecule has 5 heteroatoms. The quantitative estimate of drug-likeness (QED) is 0.601. The van der Waals surface area contributed by atoms with Crippen LogP contribution in [0.1, 0.15) is 10.4 Å². The highest BCUT2D eigenvalue weighted by atomic mass is 79.9. The first-order valence-corrected chi connectivity index (χ1v) is 4.26. The first-order valence-electron chi connectivity index (χ1n) is 3.46. The molecule has 13 heavy (non-hydrogen) atoms. The van der Waals surface area contributed by atoms with Gasteiger partial charge in [0.05, 0.1) is 19.8 Å². The maximum absolute atomic E-state index is 10.6. The summed E-state index contributed by atoms with van der Waals surface area (Å²) >= 11 is 3.15. The zero-order valence-corrected chi connectivity index (χ0v) is 8.79. The molecule has 0 N–H and O–H groups in total. The molecule has 0 spiro atoms. The number of hydrogen-bond acceptors (Lipinski definition) is 4. The molecule has 1 rings (SSSR count). The third kappa shape index (κ3) is 1.98. The average molecular weight is 246 g/mol. The minimum Gasteiger partial charge on any atom is -0.491 e. The number of rotatable bonds is 3. The van der Waals surface area contributed by atoms with E-state index >= 15 is 0 Å². The van der Waals surface area contributed by atoms with Crippen molar-refractivity contribution in [3.63, 3.8) is 0 Å². The Labute approximate surface area is 84.0 Å².